The normalized spacial score (nSPS) is 19.2. The monoisotopic (exact) mass is 467 g/mol. The summed E-state index contributed by atoms with van der Waals surface area (Å²) in [7, 11) is 1.49. The number of aliphatic imine (C=N–C) groups is 1. The van der Waals surface area contributed by atoms with Crippen molar-refractivity contribution in [3.63, 3.8) is 0 Å². The Bertz CT molecular complexity index is 1150. The molecule has 2 aromatic rings. The molecule has 1 unspecified atom stereocenters. The molecule has 0 spiro atoms. The van der Waals surface area contributed by atoms with Crippen LogP contribution in [0.2, 0.25) is 5.02 Å². The molecule has 0 aromatic carbocycles. The van der Waals surface area contributed by atoms with Gasteiger partial charge in [0.25, 0.3) is 11.9 Å². The second kappa shape index (κ2) is 9.02. The average molecular weight is 468 g/mol. The second-order valence-corrected chi connectivity index (χ2v) is 7.19. The Morgan fingerprint density at radius 3 is 2.88 bits per heavy atom. The number of hydrogen-bond donors (Lipinski definition) is 2. The van der Waals surface area contributed by atoms with E-state index in [9.17, 15) is 18.0 Å². The van der Waals surface area contributed by atoms with Crippen LogP contribution in [0.4, 0.5) is 19.0 Å². The Balaban J connectivity index is 1.89. The van der Waals surface area contributed by atoms with Crippen molar-refractivity contribution in [1.82, 2.24) is 9.97 Å². The van der Waals surface area contributed by atoms with E-state index in [1.807, 2.05) is 0 Å². The maximum absolute atomic E-state index is 14.5. The molecule has 3 heterocycles. The molecule has 32 heavy (non-hydrogen) atoms. The van der Waals surface area contributed by atoms with Crippen LogP contribution in [0, 0.1) is 17.7 Å². The van der Waals surface area contributed by atoms with Gasteiger partial charge in [-0.1, -0.05) is 23.4 Å². The van der Waals surface area contributed by atoms with Crippen LogP contribution in [0.25, 0.3) is 0 Å². The maximum Gasteiger partial charge on any atom is 0.311 e. The maximum atomic E-state index is 14.5. The van der Waals surface area contributed by atoms with Crippen LogP contribution in [0.3, 0.4) is 0 Å². The number of amidine groups is 1. The van der Waals surface area contributed by atoms with Crippen molar-refractivity contribution >= 4 is 29.3 Å². The molecule has 0 bridgehead atoms. The van der Waals surface area contributed by atoms with Gasteiger partial charge in [-0.2, -0.15) is 8.78 Å². The van der Waals surface area contributed by atoms with Gasteiger partial charge in [-0.15, -0.1) is 0 Å². The van der Waals surface area contributed by atoms with Crippen molar-refractivity contribution < 1.29 is 27.4 Å². The molecule has 0 saturated carbocycles. The topological polar surface area (TPSA) is 112 Å². The standard InChI is InChI=1S/C20H17ClF3N5O3/c1-19(20(23,24)10-32-18(25)29-19)16-13(22)5-6-14(27-16)28-17(30)15-12(21)8-11(9-26-15)4-3-7-31-2/h5-6,8-9H,7,10H2,1-2H3,(H2,25,29)(H,27,28,30). The van der Waals surface area contributed by atoms with Gasteiger partial charge in [-0.05, 0) is 25.1 Å². The van der Waals surface area contributed by atoms with Crippen molar-refractivity contribution in [1.29, 1.82) is 0 Å². The van der Waals surface area contributed by atoms with Gasteiger partial charge >= 0.3 is 5.92 Å². The van der Waals surface area contributed by atoms with E-state index in [0.29, 0.717) is 5.56 Å². The van der Waals surface area contributed by atoms with E-state index in [2.05, 4.69) is 36.9 Å². The van der Waals surface area contributed by atoms with Crippen molar-refractivity contribution in [2.24, 2.45) is 10.7 Å². The number of nitrogens with one attached hydrogen (secondary N) is 1. The van der Waals surface area contributed by atoms with Gasteiger partial charge in [-0.3, -0.25) is 4.79 Å². The summed E-state index contributed by atoms with van der Waals surface area (Å²) in [6, 6.07) is 2.88. The molecular formula is C20H17ClF3N5O3. The Hall–Kier alpha value is -3.36. The van der Waals surface area contributed by atoms with Crippen LogP contribution in [0.15, 0.2) is 29.4 Å². The van der Waals surface area contributed by atoms with Crippen LogP contribution < -0.4 is 11.1 Å². The zero-order valence-corrected chi connectivity index (χ0v) is 17.6. The Morgan fingerprint density at radius 2 is 2.19 bits per heavy atom. The van der Waals surface area contributed by atoms with Gasteiger partial charge in [0, 0.05) is 18.9 Å². The predicted octanol–water partition coefficient (Wildman–Crippen LogP) is 2.71. The highest BCUT2D eigenvalue weighted by Gasteiger charge is 2.57. The first kappa shape index (κ1) is 23.3. The largest absolute Gasteiger partial charge is 0.459 e. The van der Waals surface area contributed by atoms with Crippen molar-refractivity contribution in [2.45, 2.75) is 18.4 Å². The van der Waals surface area contributed by atoms with Gasteiger partial charge in [0.1, 0.15) is 29.6 Å². The molecule has 3 rings (SSSR count). The van der Waals surface area contributed by atoms with Crippen LogP contribution in [-0.4, -0.2) is 48.1 Å². The first-order valence-electron chi connectivity index (χ1n) is 9.05. The first-order valence-corrected chi connectivity index (χ1v) is 9.43. The molecule has 0 fully saturated rings. The number of methoxy groups -OCH3 is 1. The molecule has 0 aliphatic carbocycles. The number of amides is 1. The zero-order chi connectivity index (χ0) is 23.5. The van der Waals surface area contributed by atoms with Crippen molar-refractivity contribution in [3.8, 4) is 11.8 Å². The molecule has 1 aliphatic rings. The number of halogens is 4. The van der Waals surface area contributed by atoms with Crippen molar-refractivity contribution in [2.75, 3.05) is 25.6 Å². The SMILES string of the molecule is COCC#Cc1cnc(C(=O)Nc2ccc(F)c(C3(C)N=C(N)OCC3(F)F)n2)c(Cl)c1. The molecule has 0 radical (unpaired) electrons. The zero-order valence-electron chi connectivity index (χ0n) is 16.9. The lowest BCUT2D eigenvalue weighted by Crippen LogP contribution is -2.51. The quantitative estimate of drug-likeness (QED) is 0.669. The van der Waals surface area contributed by atoms with E-state index < -0.39 is 41.5 Å². The smallest absolute Gasteiger partial charge is 0.311 e. The third kappa shape index (κ3) is 4.61. The molecule has 0 saturated heterocycles. The van der Waals surface area contributed by atoms with E-state index in [4.69, 9.17) is 22.1 Å². The van der Waals surface area contributed by atoms with Crippen molar-refractivity contribution in [3.05, 3.63) is 52.2 Å². The highest BCUT2D eigenvalue weighted by molar-refractivity contribution is 6.34. The van der Waals surface area contributed by atoms with Crippen LogP contribution in [-0.2, 0) is 15.0 Å². The molecule has 12 heteroatoms. The number of nitrogens with two attached hydrogens (primary N) is 1. The molecule has 8 nitrogen and oxygen atoms in total. The summed E-state index contributed by atoms with van der Waals surface area (Å²) >= 11 is 6.11. The van der Waals surface area contributed by atoms with Crippen LogP contribution >= 0.6 is 11.6 Å². The highest BCUT2D eigenvalue weighted by atomic mass is 35.5. The van der Waals surface area contributed by atoms with E-state index in [0.717, 1.165) is 19.1 Å². The van der Waals surface area contributed by atoms with Gasteiger partial charge in [-0.25, -0.2) is 19.4 Å². The lowest BCUT2D eigenvalue weighted by molar-refractivity contribution is -0.118. The third-order valence-corrected chi connectivity index (χ3v) is 4.79. The summed E-state index contributed by atoms with van der Waals surface area (Å²) < 4.78 is 52.9. The Morgan fingerprint density at radius 1 is 1.44 bits per heavy atom. The van der Waals surface area contributed by atoms with E-state index in [1.54, 1.807) is 0 Å². The fraction of sp³-hybridized carbons (Fsp3) is 0.300. The molecular weight excluding hydrogens is 451 g/mol. The summed E-state index contributed by atoms with van der Waals surface area (Å²) in [5, 5.41) is 2.35. The highest BCUT2D eigenvalue weighted by Crippen LogP contribution is 2.43. The van der Waals surface area contributed by atoms with E-state index in [-0.39, 0.29) is 23.1 Å². The molecule has 168 valence electrons. The molecule has 3 N–H and O–H groups in total. The number of nitrogens with zero attached hydrogens (tertiary/aromatic N) is 3. The predicted molar refractivity (Wildman–Crippen MR) is 110 cm³/mol. The molecule has 1 aliphatic heterocycles. The number of pyridine rings is 2. The summed E-state index contributed by atoms with van der Waals surface area (Å²) in [6.07, 6.45) is 1.33. The number of alkyl halides is 2. The van der Waals surface area contributed by atoms with Gasteiger partial charge in [0.2, 0.25) is 0 Å². The van der Waals surface area contributed by atoms with Crippen LogP contribution in [0.1, 0.15) is 28.7 Å². The number of carbonyl (C=O) groups excluding carboxylic acids is 1. The minimum absolute atomic E-state index is 0.00523. The summed E-state index contributed by atoms with van der Waals surface area (Å²) in [6.45, 7) is 0.0784. The van der Waals surface area contributed by atoms with E-state index >= 15 is 0 Å². The minimum atomic E-state index is -3.61. The lowest BCUT2D eigenvalue weighted by atomic mass is 9.89. The third-order valence-electron chi connectivity index (χ3n) is 4.50. The second-order valence-electron chi connectivity index (χ2n) is 6.79. The average Bonchev–Trinajstić information content (AvgIpc) is 2.73. The summed E-state index contributed by atoms with van der Waals surface area (Å²) in [5.41, 5.74) is 2.55. The number of anilines is 1. The van der Waals surface area contributed by atoms with Crippen LogP contribution in [0.5, 0.6) is 0 Å². The summed E-state index contributed by atoms with van der Waals surface area (Å²) in [5.74, 6) is -0.204. The van der Waals surface area contributed by atoms with Gasteiger partial charge in [0.05, 0.1) is 5.02 Å². The fourth-order valence-corrected chi connectivity index (χ4v) is 3.03. The fourth-order valence-electron chi connectivity index (χ4n) is 2.78. The number of hydrogen-bond acceptors (Lipinski definition) is 7. The molecule has 1 atom stereocenters. The number of rotatable bonds is 4. The molecule has 2 aromatic heterocycles. The summed E-state index contributed by atoms with van der Waals surface area (Å²) in [4.78, 5) is 24.0. The van der Waals surface area contributed by atoms with Gasteiger partial charge in [0.15, 0.2) is 12.1 Å². The lowest BCUT2D eigenvalue weighted by Gasteiger charge is -2.36. The van der Waals surface area contributed by atoms with E-state index in [1.165, 1.54) is 19.4 Å². The van der Waals surface area contributed by atoms with Gasteiger partial charge < -0.3 is 20.5 Å². The number of aromatic nitrogens is 2. The minimum Gasteiger partial charge on any atom is -0.459 e. The molecule has 1 amide bonds. The number of carbonyl (C=O) groups is 1. The first-order chi connectivity index (χ1) is 15.1. The number of ether oxygens (including phenoxy) is 2. The Kier molecular flexibility index (Phi) is 6.57. The Labute approximate surface area is 186 Å².